The van der Waals surface area contributed by atoms with Crippen LogP contribution in [0.1, 0.15) is 34.9 Å². The van der Waals surface area contributed by atoms with Crippen molar-refractivity contribution in [1.29, 1.82) is 0 Å². The summed E-state index contributed by atoms with van der Waals surface area (Å²) in [5.74, 6) is 5.74. The molecule has 0 spiro atoms. The lowest BCUT2D eigenvalue weighted by Crippen LogP contribution is -2.42. The van der Waals surface area contributed by atoms with Gasteiger partial charge in [0.2, 0.25) is 11.1 Å². The highest BCUT2D eigenvalue weighted by Gasteiger charge is 2.30. The van der Waals surface area contributed by atoms with Gasteiger partial charge >= 0.3 is 0 Å². The van der Waals surface area contributed by atoms with Crippen LogP contribution in [0.4, 0.5) is 5.69 Å². The van der Waals surface area contributed by atoms with E-state index in [1.165, 1.54) is 22.9 Å². The second kappa shape index (κ2) is 7.39. The van der Waals surface area contributed by atoms with Gasteiger partial charge in [0, 0.05) is 23.6 Å². The number of hydrogen-bond donors (Lipinski definition) is 3. The van der Waals surface area contributed by atoms with Crippen LogP contribution in [-0.4, -0.2) is 37.4 Å². The van der Waals surface area contributed by atoms with Gasteiger partial charge in [0.1, 0.15) is 0 Å². The van der Waals surface area contributed by atoms with Gasteiger partial charge < -0.3 is 5.84 Å². The van der Waals surface area contributed by atoms with Crippen LogP contribution in [0.2, 0.25) is 0 Å². The largest absolute Gasteiger partial charge is 0.336 e. The second-order valence-corrected chi connectivity index (χ2v) is 6.53. The van der Waals surface area contributed by atoms with E-state index in [1.54, 1.807) is 0 Å². The third-order valence-corrected chi connectivity index (χ3v) is 4.54. The number of nitrogen functional groups attached to an aromatic ring is 1. The molecule has 3 rings (SSSR count). The molecule has 0 atom stereocenters. The van der Waals surface area contributed by atoms with Crippen LogP contribution in [0.3, 0.4) is 0 Å². The summed E-state index contributed by atoms with van der Waals surface area (Å²) < 4.78 is 1.37. The highest BCUT2D eigenvalue weighted by molar-refractivity contribution is 7.99. The third kappa shape index (κ3) is 4.08. The summed E-state index contributed by atoms with van der Waals surface area (Å²) in [5, 5.41) is 19.1. The van der Waals surface area contributed by atoms with E-state index < -0.39 is 16.7 Å². The third-order valence-electron chi connectivity index (χ3n) is 3.60. The maximum absolute atomic E-state index is 11.9. The van der Waals surface area contributed by atoms with Crippen molar-refractivity contribution in [2.75, 3.05) is 11.6 Å². The van der Waals surface area contributed by atoms with Crippen molar-refractivity contribution >= 4 is 29.3 Å². The number of carbonyl (C=O) groups is 2. The number of amides is 2. The SMILES string of the molecule is Nn1c(SCC(=O)NNC(=O)c2cccc([N+](=O)[O-])c2)nnc1C1CC1. The molecule has 1 aromatic carbocycles. The van der Waals surface area contributed by atoms with Crippen LogP contribution < -0.4 is 16.7 Å². The molecule has 0 unspecified atom stereocenters. The summed E-state index contributed by atoms with van der Waals surface area (Å²) in [6.45, 7) is 0. The average molecular weight is 377 g/mol. The van der Waals surface area contributed by atoms with E-state index in [4.69, 9.17) is 5.84 Å². The van der Waals surface area contributed by atoms with E-state index in [1.807, 2.05) is 0 Å². The van der Waals surface area contributed by atoms with Crippen LogP contribution >= 0.6 is 11.8 Å². The van der Waals surface area contributed by atoms with Gasteiger partial charge in [-0.15, -0.1) is 10.2 Å². The number of non-ortho nitro benzene ring substituents is 1. The number of benzene rings is 1. The van der Waals surface area contributed by atoms with E-state index in [9.17, 15) is 19.7 Å². The number of hydrazine groups is 1. The van der Waals surface area contributed by atoms with Crippen molar-refractivity contribution in [2.24, 2.45) is 0 Å². The van der Waals surface area contributed by atoms with E-state index >= 15 is 0 Å². The molecule has 0 bridgehead atoms. The molecule has 12 heteroatoms. The molecule has 1 heterocycles. The lowest BCUT2D eigenvalue weighted by molar-refractivity contribution is -0.384. The molecule has 1 fully saturated rings. The molecule has 0 aliphatic heterocycles. The molecule has 26 heavy (non-hydrogen) atoms. The average Bonchev–Trinajstić information content (AvgIpc) is 3.41. The lowest BCUT2D eigenvalue weighted by Gasteiger charge is -2.07. The Balaban J connectivity index is 1.48. The van der Waals surface area contributed by atoms with Gasteiger partial charge in [-0.3, -0.25) is 30.6 Å². The van der Waals surface area contributed by atoms with Crippen molar-refractivity contribution in [3.05, 3.63) is 45.8 Å². The normalized spacial score (nSPS) is 13.2. The first kappa shape index (κ1) is 17.7. The predicted octanol–water partition coefficient (Wildman–Crippen LogP) is 0.331. The van der Waals surface area contributed by atoms with Gasteiger partial charge in [-0.25, -0.2) is 4.68 Å². The Kier molecular flexibility index (Phi) is 5.02. The summed E-state index contributed by atoms with van der Waals surface area (Å²) in [6.07, 6.45) is 2.06. The van der Waals surface area contributed by atoms with E-state index in [-0.39, 0.29) is 17.0 Å². The van der Waals surface area contributed by atoms with Crippen LogP contribution in [0, 0.1) is 10.1 Å². The first-order valence-corrected chi connectivity index (χ1v) is 8.61. The van der Waals surface area contributed by atoms with Gasteiger partial charge in [0.25, 0.3) is 11.6 Å². The fraction of sp³-hybridized carbons (Fsp3) is 0.286. The van der Waals surface area contributed by atoms with Crippen LogP contribution in [0.25, 0.3) is 0 Å². The maximum atomic E-state index is 11.9. The minimum Gasteiger partial charge on any atom is -0.336 e. The summed E-state index contributed by atoms with van der Waals surface area (Å²) in [5.41, 5.74) is 4.28. The summed E-state index contributed by atoms with van der Waals surface area (Å²) in [4.78, 5) is 33.9. The van der Waals surface area contributed by atoms with Crippen molar-refractivity contribution in [3.8, 4) is 0 Å². The molecular weight excluding hydrogens is 362 g/mol. The molecule has 1 saturated carbocycles. The highest BCUT2D eigenvalue weighted by atomic mass is 32.2. The number of thioether (sulfide) groups is 1. The zero-order valence-corrected chi connectivity index (χ0v) is 14.2. The number of nitrogens with one attached hydrogen (secondary N) is 2. The molecule has 1 aliphatic rings. The second-order valence-electron chi connectivity index (χ2n) is 5.58. The topological polar surface area (TPSA) is 158 Å². The smallest absolute Gasteiger partial charge is 0.270 e. The first-order valence-electron chi connectivity index (χ1n) is 7.62. The van der Waals surface area contributed by atoms with Crippen molar-refractivity contribution in [2.45, 2.75) is 23.9 Å². The molecule has 1 aromatic heterocycles. The Morgan fingerprint density at radius 3 is 2.81 bits per heavy atom. The minimum atomic E-state index is -0.662. The number of aromatic nitrogens is 3. The molecule has 2 aromatic rings. The lowest BCUT2D eigenvalue weighted by atomic mass is 10.2. The molecule has 0 saturated heterocycles. The standard InChI is InChI=1S/C14H15N7O4S/c15-20-12(8-4-5-8)17-19-14(20)26-7-11(22)16-18-13(23)9-2-1-3-10(6-9)21(24)25/h1-3,6,8H,4-5,7,15H2,(H,16,22)(H,18,23). The van der Waals surface area contributed by atoms with Gasteiger partial charge in [-0.2, -0.15) is 0 Å². The molecule has 136 valence electrons. The van der Waals surface area contributed by atoms with Crippen LogP contribution in [-0.2, 0) is 4.79 Å². The Morgan fingerprint density at radius 1 is 1.35 bits per heavy atom. The molecular formula is C14H15N7O4S. The quantitative estimate of drug-likeness (QED) is 0.281. The van der Waals surface area contributed by atoms with Gasteiger partial charge in [-0.1, -0.05) is 17.8 Å². The van der Waals surface area contributed by atoms with Gasteiger partial charge in [0.15, 0.2) is 5.82 Å². The maximum Gasteiger partial charge on any atom is 0.270 e. The fourth-order valence-corrected chi connectivity index (χ4v) is 2.80. The molecule has 0 radical (unpaired) electrons. The number of carbonyl (C=O) groups excluding carboxylic acids is 2. The number of nitrogens with two attached hydrogens (primary N) is 1. The zero-order chi connectivity index (χ0) is 18.7. The van der Waals surface area contributed by atoms with E-state index in [0.717, 1.165) is 30.7 Å². The number of rotatable bonds is 6. The Bertz CT molecular complexity index is 865. The van der Waals surface area contributed by atoms with E-state index in [2.05, 4.69) is 21.0 Å². The monoisotopic (exact) mass is 377 g/mol. The van der Waals surface area contributed by atoms with Crippen molar-refractivity contribution < 1.29 is 14.5 Å². The summed E-state index contributed by atoms with van der Waals surface area (Å²) in [7, 11) is 0. The fourth-order valence-electron chi connectivity index (χ4n) is 2.13. The van der Waals surface area contributed by atoms with Gasteiger partial charge in [-0.05, 0) is 18.9 Å². The number of nitro benzene ring substituents is 1. The Labute approximate surface area is 151 Å². The molecule has 11 nitrogen and oxygen atoms in total. The predicted molar refractivity (Wildman–Crippen MR) is 91.6 cm³/mol. The minimum absolute atomic E-state index is 0.0325. The number of hydrogen-bond acceptors (Lipinski definition) is 8. The van der Waals surface area contributed by atoms with Gasteiger partial charge in [0.05, 0.1) is 10.7 Å². The van der Waals surface area contributed by atoms with Crippen molar-refractivity contribution in [1.82, 2.24) is 25.7 Å². The molecule has 1 aliphatic carbocycles. The molecule has 2 amide bonds. The number of nitrogens with zero attached hydrogens (tertiary/aromatic N) is 4. The summed E-state index contributed by atoms with van der Waals surface area (Å²) >= 11 is 1.09. The van der Waals surface area contributed by atoms with Crippen LogP contribution in [0.5, 0.6) is 0 Å². The molecule has 4 N–H and O–H groups in total. The first-order chi connectivity index (χ1) is 12.5. The van der Waals surface area contributed by atoms with E-state index in [0.29, 0.717) is 16.9 Å². The highest BCUT2D eigenvalue weighted by Crippen LogP contribution is 2.39. The summed E-state index contributed by atoms with van der Waals surface area (Å²) in [6, 6.07) is 5.17. The Morgan fingerprint density at radius 2 is 2.12 bits per heavy atom. The Hall–Kier alpha value is -3.15. The number of nitro groups is 1. The van der Waals surface area contributed by atoms with Crippen LogP contribution in [0.15, 0.2) is 29.4 Å². The zero-order valence-electron chi connectivity index (χ0n) is 13.4. The van der Waals surface area contributed by atoms with Crippen molar-refractivity contribution in [3.63, 3.8) is 0 Å².